The minimum absolute atomic E-state index is 0.0137. The molecule has 4 nitrogen and oxygen atoms in total. The van der Waals surface area contributed by atoms with Gasteiger partial charge in [0.15, 0.2) is 0 Å². The average Bonchev–Trinajstić information content (AvgIpc) is 2.36. The number of halogens is 1. The molecule has 0 unspecified atom stereocenters. The molecule has 0 saturated heterocycles. The van der Waals surface area contributed by atoms with Crippen LogP contribution in [-0.2, 0) is 9.53 Å². The number of hydrogen-bond donors (Lipinski definition) is 1. The van der Waals surface area contributed by atoms with Crippen molar-refractivity contribution in [3.8, 4) is 0 Å². The van der Waals surface area contributed by atoms with Crippen LogP contribution >= 0.6 is 11.8 Å². The van der Waals surface area contributed by atoms with E-state index in [-0.39, 0.29) is 10.5 Å². The Morgan fingerprint density at radius 3 is 2.58 bits per heavy atom. The third-order valence-electron chi connectivity index (χ3n) is 2.50. The first-order valence-corrected chi connectivity index (χ1v) is 6.50. The molecule has 0 aliphatic heterocycles. The molecular formula is C13H15FO4S. The van der Waals surface area contributed by atoms with Gasteiger partial charge in [-0.1, -0.05) is 0 Å². The average molecular weight is 286 g/mol. The van der Waals surface area contributed by atoms with Crippen LogP contribution in [0.25, 0.3) is 0 Å². The van der Waals surface area contributed by atoms with Crippen molar-refractivity contribution in [2.75, 3.05) is 12.9 Å². The smallest absolute Gasteiger partial charge is 0.335 e. The van der Waals surface area contributed by atoms with Gasteiger partial charge in [0.25, 0.3) is 0 Å². The number of ether oxygens (including phenoxy) is 1. The van der Waals surface area contributed by atoms with Gasteiger partial charge in [0, 0.05) is 10.6 Å². The Morgan fingerprint density at radius 1 is 1.42 bits per heavy atom. The molecule has 0 aliphatic rings. The lowest BCUT2D eigenvalue weighted by Gasteiger charge is -2.20. The molecule has 0 saturated carbocycles. The van der Waals surface area contributed by atoms with Crippen LogP contribution in [0.5, 0.6) is 0 Å². The van der Waals surface area contributed by atoms with Crippen molar-refractivity contribution < 1.29 is 23.8 Å². The lowest BCUT2D eigenvalue weighted by molar-refractivity contribution is -0.149. The molecule has 0 spiro atoms. The Kier molecular flexibility index (Phi) is 4.94. The van der Waals surface area contributed by atoms with Gasteiger partial charge in [0.05, 0.1) is 18.1 Å². The van der Waals surface area contributed by atoms with Crippen molar-refractivity contribution in [2.24, 2.45) is 5.41 Å². The van der Waals surface area contributed by atoms with Crippen LogP contribution in [0.15, 0.2) is 23.1 Å². The number of carboxylic acids is 1. The molecule has 0 aliphatic carbocycles. The maximum Gasteiger partial charge on any atom is 0.335 e. The van der Waals surface area contributed by atoms with E-state index in [1.807, 2.05) is 0 Å². The summed E-state index contributed by atoms with van der Waals surface area (Å²) in [5, 5.41) is 8.85. The van der Waals surface area contributed by atoms with Gasteiger partial charge in [0.1, 0.15) is 5.82 Å². The fraction of sp³-hybridized carbons (Fsp3) is 0.385. The fourth-order valence-corrected chi connectivity index (χ4v) is 2.39. The predicted octanol–water partition coefficient (Wildman–Crippen LogP) is 2.82. The summed E-state index contributed by atoms with van der Waals surface area (Å²) < 4.78 is 18.2. The lowest BCUT2D eigenvalue weighted by atomic mass is 9.97. The third-order valence-corrected chi connectivity index (χ3v) is 3.99. The highest BCUT2D eigenvalue weighted by Crippen LogP contribution is 2.30. The molecule has 1 aromatic rings. The zero-order chi connectivity index (χ0) is 14.6. The van der Waals surface area contributed by atoms with Crippen LogP contribution in [0.1, 0.15) is 24.2 Å². The quantitative estimate of drug-likeness (QED) is 0.666. The number of esters is 1. The lowest BCUT2D eigenvalue weighted by Crippen LogP contribution is -2.28. The maximum atomic E-state index is 13.6. The van der Waals surface area contributed by atoms with Gasteiger partial charge in [-0.2, -0.15) is 0 Å². The van der Waals surface area contributed by atoms with Crippen molar-refractivity contribution in [3.63, 3.8) is 0 Å². The summed E-state index contributed by atoms with van der Waals surface area (Å²) in [7, 11) is 1.29. The van der Waals surface area contributed by atoms with Gasteiger partial charge >= 0.3 is 11.9 Å². The molecule has 6 heteroatoms. The van der Waals surface area contributed by atoms with Crippen LogP contribution in [0.2, 0.25) is 0 Å². The van der Waals surface area contributed by atoms with Gasteiger partial charge in [-0.3, -0.25) is 4.79 Å². The Bertz CT molecular complexity index is 499. The van der Waals surface area contributed by atoms with Crippen molar-refractivity contribution in [1.82, 2.24) is 0 Å². The molecule has 0 bridgehead atoms. The summed E-state index contributed by atoms with van der Waals surface area (Å²) in [4.78, 5) is 22.5. The molecule has 19 heavy (non-hydrogen) atoms. The van der Waals surface area contributed by atoms with E-state index in [2.05, 4.69) is 4.74 Å². The number of hydrogen-bond acceptors (Lipinski definition) is 4. The zero-order valence-electron chi connectivity index (χ0n) is 10.9. The Balaban J connectivity index is 2.85. The van der Waals surface area contributed by atoms with Crippen molar-refractivity contribution >= 4 is 23.7 Å². The molecule has 1 aromatic carbocycles. The van der Waals surface area contributed by atoms with E-state index in [9.17, 15) is 14.0 Å². The first kappa shape index (κ1) is 15.5. The Morgan fingerprint density at radius 2 is 2.05 bits per heavy atom. The van der Waals surface area contributed by atoms with Gasteiger partial charge in [0.2, 0.25) is 0 Å². The van der Waals surface area contributed by atoms with E-state index in [1.54, 1.807) is 13.8 Å². The summed E-state index contributed by atoms with van der Waals surface area (Å²) in [5.41, 5.74) is -0.759. The van der Waals surface area contributed by atoms with Gasteiger partial charge < -0.3 is 9.84 Å². The van der Waals surface area contributed by atoms with Gasteiger partial charge in [-0.15, -0.1) is 11.8 Å². The molecule has 104 valence electrons. The van der Waals surface area contributed by atoms with Gasteiger partial charge in [-0.05, 0) is 32.0 Å². The highest BCUT2D eigenvalue weighted by atomic mass is 32.2. The molecule has 0 amide bonds. The summed E-state index contributed by atoms with van der Waals surface area (Å²) in [6.07, 6.45) is 0. The maximum absolute atomic E-state index is 13.6. The standard InChI is InChI=1S/C13H15FO4S/c1-13(2,12(17)18-3)7-19-10-6-8(11(15)16)4-5-9(10)14/h4-6H,7H2,1-3H3,(H,15,16). The van der Waals surface area contributed by atoms with E-state index in [1.165, 1.54) is 19.2 Å². The molecule has 0 atom stereocenters. The summed E-state index contributed by atoms with van der Waals surface area (Å²) in [6.45, 7) is 3.37. The topological polar surface area (TPSA) is 63.6 Å². The normalized spacial score (nSPS) is 11.2. The minimum Gasteiger partial charge on any atom is -0.478 e. The summed E-state index contributed by atoms with van der Waals surface area (Å²) in [5.74, 6) is -1.72. The van der Waals surface area contributed by atoms with Crippen molar-refractivity contribution in [2.45, 2.75) is 18.7 Å². The number of carbonyl (C=O) groups is 2. The summed E-state index contributed by atoms with van der Waals surface area (Å²) in [6, 6.07) is 3.57. The number of aromatic carboxylic acids is 1. The highest BCUT2D eigenvalue weighted by Gasteiger charge is 2.29. The number of carbonyl (C=O) groups excluding carboxylic acids is 1. The fourth-order valence-electron chi connectivity index (χ4n) is 1.34. The van der Waals surface area contributed by atoms with E-state index >= 15 is 0 Å². The first-order valence-electron chi connectivity index (χ1n) is 5.52. The Hall–Kier alpha value is -1.56. The third kappa shape index (κ3) is 3.96. The molecule has 0 radical (unpaired) electrons. The number of benzene rings is 1. The molecule has 0 fully saturated rings. The van der Waals surface area contributed by atoms with Crippen LogP contribution in [0, 0.1) is 11.2 Å². The van der Waals surface area contributed by atoms with Crippen LogP contribution in [-0.4, -0.2) is 29.9 Å². The molecule has 1 N–H and O–H groups in total. The van der Waals surface area contributed by atoms with E-state index < -0.39 is 23.2 Å². The molecule has 0 aromatic heterocycles. The number of methoxy groups -OCH3 is 1. The van der Waals surface area contributed by atoms with E-state index in [4.69, 9.17) is 5.11 Å². The SMILES string of the molecule is COC(=O)C(C)(C)CSc1cc(C(=O)O)ccc1F. The van der Waals surface area contributed by atoms with E-state index in [0.717, 1.165) is 17.8 Å². The number of rotatable bonds is 5. The predicted molar refractivity (Wildman–Crippen MR) is 69.9 cm³/mol. The van der Waals surface area contributed by atoms with E-state index in [0.29, 0.717) is 5.75 Å². The second-order valence-corrected chi connectivity index (χ2v) is 5.63. The van der Waals surface area contributed by atoms with Crippen molar-refractivity contribution in [3.05, 3.63) is 29.6 Å². The van der Waals surface area contributed by atoms with Crippen LogP contribution in [0.3, 0.4) is 0 Å². The second kappa shape index (κ2) is 6.06. The van der Waals surface area contributed by atoms with Gasteiger partial charge in [-0.25, -0.2) is 9.18 Å². The second-order valence-electron chi connectivity index (χ2n) is 4.61. The highest BCUT2D eigenvalue weighted by molar-refractivity contribution is 7.99. The van der Waals surface area contributed by atoms with Crippen LogP contribution < -0.4 is 0 Å². The molecule has 1 rings (SSSR count). The monoisotopic (exact) mass is 286 g/mol. The number of thioether (sulfide) groups is 1. The Labute approximate surface area is 115 Å². The molecular weight excluding hydrogens is 271 g/mol. The summed E-state index contributed by atoms with van der Waals surface area (Å²) >= 11 is 1.09. The first-order chi connectivity index (χ1) is 8.77. The zero-order valence-corrected chi connectivity index (χ0v) is 11.7. The minimum atomic E-state index is -1.12. The molecule has 0 heterocycles. The van der Waals surface area contributed by atoms with Crippen LogP contribution in [0.4, 0.5) is 4.39 Å². The number of carboxylic acid groups (broad SMARTS) is 1. The van der Waals surface area contributed by atoms with Crippen molar-refractivity contribution in [1.29, 1.82) is 0 Å². The largest absolute Gasteiger partial charge is 0.478 e.